The molecule has 33 heavy (non-hydrogen) atoms. The van der Waals surface area contributed by atoms with Crippen LogP contribution in [0.4, 0.5) is 5.69 Å². The molecule has 0 aromatic heterocycles. The lowest BCUT2D eigenvalue weighted by Gasteiger charge is -2.16. The van der Waals surface area contributed by atoms with Crippen molar-refractivity contribution in [2.45, 2.75) is 39.2 Å². The molecule has 3 rings (SSSR count). The number of nitrogens with one attached hydrogen (secondary N) is 3. The molecule has 1 atom stereocenters. The van der Waals surface area contributed by atoms with Gasteiger partial charge in [-0.2, -0.15) is 0 Å². The van der Waals surface area contributed by atoms with Gasteiger partial charge >= 0.3 is 0 Å². The fourth-order valence-electron chi connectivity index (χ4n) is 3.41. The van der Waals surface area contributed by atoms with E-state index in [1.165, 1.54) is 0 Å². The Morgan fingerprint density at radius 3 is 2.55 bits per heavy atom. The summed E-state index contributed by atoms with van der Waals surface area (Å²) in [5, 5.41) is 8.64. The molecule has 2 aromatic carbocycles. The molecule has 1 heterocycles. The van der Waals surface area contributed by atoms with Crippen LogP contribution >= 0.6 is 12.2 Å². The molecule has 8 heteroatoms. The van der Waals surface area contributed by atoms with E-state index < -0.39 is 0 Å². The monoisotopic (exact) mass is 469 g/mol. The first-order chi connectivity index (χ1) is 15.9. The van der Waals surface area contributed by atoms with Crippen LogP contribution in [0.1, 0.15) is 53.8 Å². The summed E-state index contributed by atoms with van der Waals surface area (Å²) < 4.78 is 11.4. The van der Waals surface area contributed by atoms with E-state index in [-0.39, 0.29) is 23.0 Å². The summed E-state index contributed by atoms with van der Waals surface area (Å²) in [7, 11) is 0. The van der Waals surface area contributed by atoms with E-state index in [4.69, 9.17) is 21.7 Å². The molecule has 0 spiro atoms. The van der Waals surface area contributed by atoms with Crippen molar-refractivity contribution in [3.63, 3.8) is 0 Å². The highest BCUT2D eigenvalue weighted by atomic mass is 32.1. The third-order valence-electron chi connectivity index (χ3n) is 5.25. The number of rotatable bonds is 9. The molecule has 1 fully saturated rings. The van der Waals surface area contributed by atoms with Gasteiger partial charge in [-0.1, -0.05) is 38.1 Å². The van der Waals surface area contributed by atoms with Crippen molar-refractivity contribution in [1.29, 1.82) is 0 Å². The average Bonchev–Trinajstić information content (AvgIpc) is 3.31. The highest BCUT2D eigenvalue weighted by molar-refractivity contribution is 7.80. The minimum absolute atomic E-state index is 0.0530. The van der Waals surface area contributed by atoms with Gasteiger partial charge in [0.1, 0.15) is 5.75 Å². The van der Waals surface area contributed by atoms with Crippen LogP contribution in [0, 0.1) is 5.92 Å². The number of para-hydroxylation sites is 2. The number of hydrogen-bond acceptors (Lipinski definition) is 5. The van der Waals surface area contributed by atoms with Gasteiger partial charge in [-0.3, -0.25) is 14.9 Å². The molecule has 0 saturated carbocycles. The molecule has 1 aliphatic heterocycles. The van der Waals surface area contributed by atoms with Gasteiger partial charge in [0.05, 0.1) is 29.5 Å². The Bertz CT molecular complexity index is 974. The normalized spacial score (nSPS) is 15.2. The second-order valence-corrected chi connectivity index (χ2v) is 8.73. The molecular weight excluding hydrogens is 438 g/mol. The molecule has 1 saturated heterocycles. The summed E-state index contributed by atoms with van der Waals surface area (Å²) in [4.78, 5) is 25.5. The minimum atomic E-state index is -0.382. The topological polar surface area (TPSA) is 88.7 Å². The summed E-state index contributed by atoms with van der Waals surface area (Å²) in [6.45, 7) is 5.96. The third kappa shape index (κ3) is 7.54. The van der Waals surface area contributed by atoms with Gasteiger partial charge < -0.3 is 20.1 Å². The molecular formula is C25H31N3O4S. The first-order valence-corrected chi connectivity index (χ1v) is 11.7. The Kier molecular flexibility index (Phi) is 9.21. The van der Waals surface area contributed by atoms with E-state index in [0.29, 0.717) is 41.6 Å². The van der Waals surface area contributed by atoms with Crippen molar-refractivity contribution in [2.24, 2.45) is 5.92 Å². The number of carbonyl (C=O) groups excluding carboxylic acids is 2. The van der Waals surface area contributed by atoms with Gasteiger partial charge in [0.15, 0.2) is 5.11 Å². The first-order valence-electron chi connectivity index (χ1n) is 11.3. The number of thiocarbonyl (C=S) groups is 1. The van der Waals surface area contributed by atoms with Crippen molar-refractivity contribution < 1.29 is 19.1 Å². The number of anilines is 1. The Morgan fingerprint density at radius 1 is 1.09 bits per heavy atom. The molecule has 1 unspecified atom stereocenters. The highest BCUT2D eigenvalue weighted by Gasteiger charge is 2.19. The molecule has 0 radical (unpaired) electrons. The highest BCUT2D eigenvalue weighted by Crippen LogP contribution is 2.19. The molecule has 7 nitrogen and oxygen atoms in total. The average molecular weight is 470 g/mol. The van der Waals surface area contributed by atoms with Crippen LogP contribution in [0.15, 0.2) is 48.5 Å². The molecule has 0 bridgehead atoms. The zero-order valence-electron chi connectivity index (χ0n) is 19.1. The smallest absolute Gasteiger partial charge is 0.261 e. The van der Waals surface area contributed by atoms with E-state index >= 15 is 0 Å². The Balaban J connectivity index is 1.60. The lowest BCUT2D eigenvalue weighted by Crippen LogP contribution is -2.36. The van der Waals surface area contributed by atoms with Crippen molar-refractivity contribution in [3.8, 4) is 5.75 Å². The summed E-state index contributed by atoms with van der Waals surface area (Å²) in [6.07, 6.45) is 2.90. The maximum absolute atomic E-state index is 12.8. The van der Waals surface area contributed by atoms with Crippen molar-refractivity contribution in [1.82, 2.24) is 10.6 Å². The zero-order valence-corrected chi connectivity index (χ0v) is 19.9. The van der Waals surface area contributed by atoms with E-state index in [0.717, 1.165) is 25.9 Å². The molecule has 2 amide bonds. The lowest BCUT2D eigenvalue weighted by molar-refractivity contribution is 0.0858. The number of carbonyl (C=O) groups is 2. The number of ether oxygens (including phenoxy) is 2. The summed E-state index contributed by atoms with van der Waals surface area (Å²) >= 11 is 5.34. The van der Waals surface area contributed by atoms with Crippen LogP contribution in [0.5, 0.6) is 5.75 Å². The zero-order chi connectivity index (χ0) is 23.6. The van der Waals surface area contributed by atoms with Gasteiger partial charge in [0.25, 0.3) is 11.8 Å². The van der Waals surface area contributed by atoms with Crippen LogP contribution in [0.25, 0.3) is 0 Å². The van der Waals surface area contributed by atoms with Crippen LogP contribution in [0.2, 0.25) is 0 Å². The molecule has 2 aromatic rings. The Morgan fingerprint density at radius 2 is 1.82 bits per heavy atom. The van der Waals surface area contributed by atoms with E-state index in [9.17, 15) is 9.59 Å². The van der Waals surface area contributed by atoms with Gasteiger partial charge in [-0.15, -0.1) is 0 Å². The number of amides is 2. The van der Waals surface area contributed by atoms with E-state index in [1.54, 1.807) is 42.5 Å². The van der Waals surface area contributed by atoms with Crippen LogP contribution in [-0.2, 0) is 4.74 Å². The summed E-state index contributed by atoms with van der Waals surface area (Å²) in [5.74, 6) is 0.401. The predicted molar refractivity (Wildman–Crippen MR) is 133 cm³/mol. The van der Waals surface area contributed by atoms with Crippen molar-refractivity contribution in [2.75, 3.05) is 25.1 Å². The maximum Gasteiger partial charge on any atom is 0.261 e. The Hall–Kier alpha value is -2.97. The minimum Gasteiger partial charge on any atom is -0.493 e. The van der Waals surface area contributed by atoms with E-state index in [1.807, 2.05) is 6.07 Å². The lowest BCUT2D eigenvalue weighted by atomic mass is 10.1. The van der Waals surface area contributed by atoms with Crippen molar-refractivity contribution >= 4 is 34.8 Å². The van der Waals surface area contributed by atoms with Gasteiger partial charge in [0.2, 0.25) is 0 Å². The largest absolute Gasteiger partial charge is 0.493 e. The SMILES string of the molecule is CC(C)CCOc1ccccc1C(=O)NC(=S)Nc1ccccc1C(=O)NCC1CCCO1. The number of benzene rings is 2. The van der Waals surface area contributed by atoms with E-state index in [2.05, 4.69) is 29.8 Å². The van der Waals surface area contributed by atoms with Crippen LogP contribution < -0.4 is 20.7 Å². The Labute approximate surface area is 200 Å². The van der Waals surface area contributed by atoms with Gasteiger partial charge in [-0.25, -0.2) is 0 Å². The second kappa shape index (κ2) is 12.3. The quantitative estimate of drug-likeness (QED) is 0.478. The first kappa shape index (κ1) is 24.7. The molecule has 0 aliphatic carbocycles. The number of hydrogen-bond donors (Lipinski definition) is 3. The summed E-state index contributed by atoms with van der Waals surface area (Å²) in [6, 6.07) is 14.1. The molecule has 176 valence electrons. The third-order valence-corrected chi connectivity index (χ3v) is 5.45. The molecule has 1 aliphatic rings. The van der Waals surface area contributed by atoms with Gasteiger partial charge in [0, 0.05) is 13.2 Å². The fraction of sp³-hybridized carbons (Fsp3) is 0.400. The maximum atomic E-state index is 12.8. The fourth-order valence-corrected chi connectivity index (χ4v) is 3.61. The molecule has 3 N–H and O–H groups in total. The van der Waals surface area contributed by atoms with Crippen LogP contribution in [-0.4, -0.2) is 42.8 Å². The van der Waals surface area contributed by atoms with Crippen LogP contribution in [0.3, 0.4) is 0 Å². The standard InChI is InChI=1S/C25H31N3O4S/c1-17(2)13-15-32-22-12-6-4-10-20(22)24(30)28-25(33)27-21-11-5-3-9-19(21)23(29)26-16-18-8-7-14-31-18/h3-6,9-12,17-18H,7-8,13-16H2,1-2H3,(H,26,29)(H2,27,28,30,33). The summed E-state index contributed by atoms with van der Waals surface area (Å²) in [5.41, 5.74) is 1.34. The second-order valence-electron chi connectivity index (χ2n) is 8.33. The van der Waals surface area contributed by atoms with Gasteiger partial charge in [-0.05, 0) is 61.7 Å². The van der Waals surface area contributed by atoms with Crippen molar-refractivity contribution in [3.05, 3.63) is 59.7 Å². The predicted octanol–water partition coefficient (Wildman–Crippen LogP) is 4.15.